The Kier molecular flexibility index (Phi) is 5.72. The Labute approximate surface area is 128 Å². The van der Waals surface area contributed by atoms with E-state index < -0.39 is 22.0 Å². The van der Waals surface area contributed by atoms with Gasteiger partial charge < -0.3 is 5.11 Å². The minimum Gasteiger partial charge on any atom is -0.480 e. The Hall–Kier alpha value is -1.62. The van der Waals surface area contributed by atoms with Crippen molar-refractivity contribution < 1.29 is 18.3 Å². The van der Waals surface area contributed by atoms with Gasteiger partial charge in [-0.15, -0.1) is 0 Å². The largest absolute Gasteiger partial charge is 0.480 e. The molecule has 0 amide bonds. The highest BCUT2D eigenvalue weighted by atomic mass is 35.5. The molecule has 0 heterocycles. The van der Waals surface area contributed by atoms with Crippen LogP contribution in [0.5, 0.6) is 0 Å². The summed E-state index contributed by atoms with van der Waals surface area (Å²) in [6, 6.07) is 4.30. The maximum Gasteiger partial charge on any atom is 0.322 e. The highest BCUT2D eigenvalue weighted by Crippen LogP contribution is 2.23. The maximum atomic E-state index is 12.2. The molecule has 0 spiro atoms. The van der Waals surface area contributed by atoms with Crippen LogP contribution in [0.2, 0.25) is 5.02 Å². The number of halogens is 1. The minimum absolute atomic E-state index is 0.130. The number of rotatable bonds is 6. The third-order valence-electron chi connectivity index (χ3n) is 3.11. The van der Waals surface area contributed by atoms with Gasteiger partial charge in [-0.2, -0.15) is 9.98 Å². The molecule has 8 heteroatoms. The van der Waals surface area contributed by atoms with Gasteiger partial charge in [-0.1, -0.05) is 31.9 Å². The average Bonchev–Trinajstić information content (AvgIpc) is 2.43. The SMILES string of the molecule is CCC(C)C(NS(=O)(=O)c1ccc(C#N)cc1Cl)C(=O)O. The van der Waals surface area contributed by atoms with Crippen molar-refractivity contribution >= 4 is 27.6 Å². The second kappa shape index (κ2) is 6.89. The van der Waals surface area contributed by atoms with Crippen LogP contribution in [0.3, 0.4) is 0 Å². The van der Waals surface area contributed by atoms with Gasteiger partial charge in [-0.05, 0) is 24.1 Å². The molecule has 0 aliphatic heterocycles. The lowest BCUT2D eigenvalue weighted by atomic mass is 10.0. The maximum absolute atomic E-state index is 12.2. The van der Waals surface area contributed by atoms with E-state index in [9.17, 15) is 13.2 Å². The second-order valence-corrected chi connectivity index (χ2v) is 6.67. The summed E-state index contributed by atoms with van der Waals surface area (Å²) in [5.74, 6) is -1.63. The van der Waals surface area contributed by atoms with Crippen molar-refractivity contribution in [1.29, 1.82) is 5.26 Å². The van der Waals surface area contributed by atoms with Gasteiger partial charge in [0, 0.05) is 0 Å². The predicted octanol–water partition coefficient (Wildman–Crippen LogP) is 1.99. The lowest BCUT2D eigenvalue weighted by Gasteiger charge is -2.20. The number of aliphatic carboxylic acids is 1. The summed E-state index contributed by atoms with van der Waals surface area (Å²) in [7, 11) is -4.09. The molecule has 1 aromatic carbocycles. The first-order valence-corrected chi connectivity index (χ1v) is 8.03. The lowest BCUT2D eigenvalue weighted by Crippen LogP contribution is -2.44. The normalized spacial score (nSPS) is 14.2. The molecule has 0 saturated heterocycles. The number of nitrogens with zero attached hydrogens (tertiary/aromatic N) is 1. The van der Waals surface area contributed by atoms with Crippen molar-refractivity contribution in [1.82, 2.24) is 4.72 Å². The first-order valence-electron chi connectivity index (χ1n) is 6.17. The zero-order chi connectivity index (χ0) is 16.2. The fraction of sp³-hybridized carbons (Fsp3) is 0.385. The van der Waals surface area contributed by atoms with Crippen LogP contribution >= 0.6 is 11.6 Å². The lowest BCUT2D eigenvalue weighted by molar-refractivity contribution is -0.140. The molecular formula is C13H15ClN2O4S. The van der Waals surface area contributed by atoms with Crippen LogP contribution in [0.1, 0.15) is 25.8 Å². The Morgan fingerprint density at radius 2 is 2.14 bits per heavy atom. The molecular weight excluding hydrogens is 316 g/mol. The van der Waals surface area contributed by atoms with E-state index in [0.717, 1.165) is 0 Å². The van der Waals surface area contributed by atoms with Crippen molar-refractivity contribution in [2.75, 3.05) is 0 Å². The van der Waals surface area contributed by atoms with Crippen LogP contribution in [-0.2, 0) is 14.8 Å². The zero-order valence-corrected chi connectivity index (χ0v) is 13.1. The summed E-state index contributed by atoms with van der Waals surface area (Å²) in [5.41, 5.74) is 0.218. The fourth-order valence-electron chi connectivity index (χ4n) is 1.66. The molecule has 1 aromatic rings. The summed E-state index contributed by atoms with van der Waals surface area (Å²) < 4.78 is 26.6. The molecule has 21 heavy (non-hydrogen) atoms. The number of carboxylic acid groups (broad SMARTS) is 1. The van der Waals surface area contributed by atoms with E-state index in [1.54, 1.807) is 13.8 Å². The van der Waals surface area contributed by atoms with E-state index in [0.29, 0.717) is 6.42 Å². The Morgan fingerprint density at radius 3 is 2.57 bits per heavy atom. The molecule has 2 unspecified atom stereocenters. The topological polar surface area (TPSA) is 107 Å². The molecule has 0 bridgehead atoms. The molecule has 0 fully saturated rings. The Bertz CT molecular complexity index is 682. The highest BCUT2D eigenvalue weighted by Gasteiger charge is 2.30. The monoisotopic (exact) mass is 330 g/mol. The molecule has 0 aliphatic rings. The van der Waals surface area contributed by atoms with Crippen LogP contribution in [0.25, 0.3) is 0 Å². The van der Waals surface area contributed by atoms with Crippen LogP contribution in [0.4, 0.5) is 0 Å². The molecule has 0 saturated carbocycles. The molecule has 0 radical (unpaired) electrons. The molecule has 114 valence electrons. The molecule has 0 aliphatic carbocycles. The van der Waals surface area contributed by atoms with Crippen molar-refractivity contribution in [2.45, 2.75) is 31.2 Å². The predicted molar refractivity (Wildman–Crippen MR) is 77.4 cm³/mol. The first kappa shape index (κ1) is 17.4. The summed E-state index contributed by atoms with van der Waals surface area (Å²) in [5, 5.41) is 17.7. The number of carboxylic acids is 1. The Morgan fingerprint density at radius 1 is 1.52 bits per heavy atom. The summed E-state index contributed by atoms with van der Waals surface area (Å²) in [6.45, 7) is 3.41. The van der Waals surface area contributed by atoms with Crippen LogP contribution < -0.4 is 4.72 Å². The van der Waals surface area contributed by atoms with Crippen molar-refractivity contribution in [2.24, 2.45) is 5.92 Å². The van der Waals surface area contributed by atoms with Gasteiger partial charge in [0.05, 0.1) is 16.7 Å². The molecule has 0 aromatic heterocycles. The van der Waals surface area contributed by atoms with Crippen LogP contribution in [0, 0.1) is 17.2 Å². The van der Waals surface area contributed by atoms with Crippen molar-refractivity contribution in [3.8, 4) is 6.07 Å². The quantitative estimate of drug-likeness (QED) is 0.829. The van der Waals surface area contributed by atoms with Gasteiger partial charge in [-0.25, -0.2) is 8.42 Å². The van der Waals surface area contributed by atoms with E-state index in [4.69, 9.17) is 22.0 Å². The number of carbonyl (C=O) groups is 1. The minimum atomic E-state index is -4.09. The number of hydrogen-bond acceptors (Lipinski definition) is 4. The van der Waals surface area contributed by atoms with Crippen molar-refractivity contribution in [3.63, 3.8) is 0 Å². The van der Waals surface area contributed by atoms with E-state index in [2.05, 4.69) is 4.72 Å². The van der Waals surface area contributed by atoms with Gasteiger partial charge in [0.1, 0.15) is 10.9 Å². The van der Waals surface area contributed by atoms with E-state index in [1.807, 2.05) is 6.07 Å². The van der Waals surface area contributed by atoms with Gasteiger partial charge in [0.15, 0.2) is 0 Å². The van der Waals surface area contributed by atoms with Crippen molar-refractivity contribution in [3.05, 3.63) is 28.8 Å². The third kappa shape index (κ3) is 4.17. The molecule has 2 N–H and O–H groups in total. The number of nitrogens with one attached hydrogen (secondary N) is 1. The smallest absolute Gasteiger partial charge is 0.322 e. The number of benzene rings is 1. The summed E-state index contributed by atoms with van der Waals surface area (Å²) in [6.07, 6.45) is 0.501. The average molecular weight is 331 g/mol. The van der Waals surface area contributed by atoms with Crippen LogP contribution in [0.15, 0.2) is 23.1 Å². The standard InChI is InChI=1S/C13H15ClN2O4S/c1-3-8(2)12(13(17)18)16-21(19,20)11-5-4-9(7-15)6-10(11)14/h4-6,8,12,16H,3H2,1-2H3,(H,17,18). The number of hydrogen-bond donors (Lipinski definition) is 2. The van der Waals surface area contributed by atoms with Gasteiger partial charge in [0.2, 0.25) is 10.0 Å². The summed E-state index contributed by atoms with van der Waals surface area (Å²) >= 11 is 5.85. The zero-order valence-electron chi connectivity index (χ0n) is 11.5. The third-order valence-corrected chi connectivity index (χ3v) is 5.04. The number of nitriles is 1. The second-order valence-electron chi connectivity index (χ2n) is 4.58. The molecule has 6 nitrogen and oxygen atoms in total. The first-order chi connectivity index (χ1) is 9.72. The molecule has 1 rings (SSSR count). The van der Waals surface area contributed by atoms with Crippen LogP contribution in [-0.4, -0.2) is 25.5 Å². The highest BCUT2D eigenvalue weighted by molar-refractivity contribution is 7.89. The number of sulfonamides is 1. The summed E-state index contributed by atoms with van der Waals surface area (Å²) in [4.78, 5) is 10.9. The fourth-order valence-corrected chi connectivity index (χ4v) is 3.51. The van der Waals surface area contributed by atoms with E-state index >= 15 is 0 Å². The van der Waals surface area contributed by atoms with Gasteiger partial charge in [0.25, 0.3) is 0 Å². The molecule has 2 atom stereocenters. The van der Waals surface area contributed by atoms with Gasteiger partial charge >= 0.3 is 5.97 Å². The van der Waals surface area contributed by atoms with Gasteiger partial charge in [-0.3, -0.25) is 4.79 Å². The Balaban J connectivity index is 3.17. The van der Waals surface area contributed by atoms with E-state index in [1.165, 1.54) is 18.2 Å². The van der Waals surface area contributed by atoms with E-state index in [-0.39, 0.29) is 21.4 Å².